The molecule has 0 fully saturated rings. The molecule has 1 N–H and O–H groups in total. The van der Waals surface area contributed by atoms with Crippen LogP contribution in [-0.4, -0.2) is 26.0 Å². The van der Waals surface area contributed by atoms with E-state index in [2.05, 4.69) is 15.0 Å². The van der Waals surface area contributed by atoms with Crippen LogP contribution in [0.4, 0.5) is 0 Å². The maximum absolute atomic E-state index is 10.9. The number of carbonyl (C=O) groups is 1. The Labute approximate surface area is 115 Å². The van der Waals surface area contributed by atoms with Gasteiger partial charge >= 0.3 is 5.97 Å². The molecule has 0 spiro atoms. The van der Waals surface area contributed by atoms with E-state index in [9.17, 15) is 4.79 Å². The summed E-state index contributed by atoms with van der Waals surface area (Å²) in [5.41, 5.74) is 2.96. The normalized spacial score (nSPS) is 10.5. The van der Waals surface area contributed by atoms with Crippen molar-refractivity contribution in [2.75, 3.05) is 0 Å². The van der Waals surface area contributed by atoms with E-state index in [4.69, 9.17) is 5.11 Å². The van der Waals surface area contributed by atoms with E-state index < -0.39 is 5.97 Å². The van der Waals surface area contributed by atoms with Gasteiger partial charge in [0.2, 0.25) is 0 Å². The summed E-state index contributed by atoms with van der Waals surface area (Å²) in [5.74, 6) is -1.04. The van der Waals surface area contributed by atoms with Crippen LogP contribution in [0.2, 0.25) is 0 Å². The summed E-state index contributed by atoms with van der Waals surface area (Å²) in [6.07, 6.45) is 1.47. The molecule has 0 aliphatic rings. The fourth-order valence-corrected chi connectivity index (χ4v) is 2.36. The van der Waals surface area contributed by atoms with Crippen molar-refractivity contribution in [3.05, 3.63) is 41.0 Å². The smallest absolute Gasteiger partial charge is 0.354 e. The fourth-order valence-electron chi connectivity index (χ4n) is 1.48. The van der Waals surface area contributed by atoms with Crippen LogP contribution >= 0.6 is 11.8 Å². The third-order valence-corrected chi connectivity index (χ3v) is 3.63. The van der Waals surface area contributed by atoms with Crippen LogP contribution in [0.5, 0.6) is 0 Å². The summed E-state index contributed by atoms with van der Waals surface area (Å²) >= 11 is 1.33. The Balaban J connectivity index is 2.31. The number of pyridine rings is 1. The first-order valence-electron chi connectivity index (χ1n) is 5.66. The lowest BCUT2D eigenvalue weighted by Gasteiger charge is -2.06. The van der Waals surface area contributed by atoms with Crippen molar-refractivity contribution in [3.8, 4) is 0 Å². The highest BCUT2D eigenvalue weighted by molar-refractivity contribution is 7.99. The van der Waals surface area contributed by atoms with Gasteiger partial charge in [-0.3, -0.25) is 0 Å². The van der Waals surface area contributed by atoms with Crippen molar-refractivity contribution < 1.29 is 9.90 Å². The largest absolute Gasteiger partial charge is 0.477 e. The van der Waals surface area contributed by atoms with Crippen molar-refractivity contribution in [2.24, 2.45) is 0 Å². The molecule has 2 aromatic heterocycles. The number of carboxylic acid groups (broad SMARTS) is 1. The Morgan fingerprint density at radius 3 is 2.42 bits per heavy atom. The minimum absolute atomic E-state index is 0.0190. The summed E-state index contributed by atoms with van der Waals surface area (Å²) in [5, 5.41) is 9.51. The number of hydrogen-bond donors (Lipinski definition) is 1. The minimum Gasteiger partial charge on any atom is -0.477 e. The van der Waals surface area contributed by atoms with Gasteiger partial charge in [-0.2, -0.15) is 0 Å². The second-order valence-corrected chi connectivity index (χ2v) is 5.13. The van der Waals surface area contributed by atoms with Crippen LogP contribution in [0.15, 0.2) is 28.4 Å². The van der Waals surface area contributed by atoms with Crippen LogP contribution < -0.4 is 0 Å². The van der Waals surface area contributed by atoms with Crippen molar-refractivity contribution in [1.82, 2.24) is 15.0 Å². The lowest BCUT2D eigenvalue weighted by molar-refractivity contribution is 0.0690. The van der Waals surface area contributed by atoms with E-state index in [1.54, 1.807) is 6.07 Å². The van der Waals surface area contributed by atoms with Crippen LogP contribution in [0.1, 0.15) is 27.4 Å². The van der Waals surface area contributed by atoms with Crippen molar-refractivity contribution in [3.63, 3.8) is 0 Å². The molecule has 0 unspecified atom stereocenters. The van der Waals surface area contributed by atoms with Gasteiger partial charge in [0.15, 0.2) is 5.16 Å². The standard InChI is InChI=1S/C13H13N3O2S/c1-7-8(2)15-13(16-9(7)3)19-10-4-5-14-11(6-10)12(17)18/h4-6H,1-3H3,(H,17,18). The molecule has 98 valence electrons. The highest BCUT2D eigenvalue weighted by Gasteiger charge is 2.09. The molecule has 2 aromatic rings. The van der Waals surface area contributed by atoms with Gasteiger partial charge in [-0.25, -0.2) is 19.7 Å². The van der Waals surface area contributed by atoms with Crippen LogP contribution in [0.25, 0.3) is 0 Å². The van der Waals surface area contributed by atoms with Crippen LogP contribution in [0.3, 0.4) is 0 Å². The van der Waals surface area contributed by atoms with Gasteiger partial charge in [0, 0.05) is 22.5 Å². The number of aromatic nitrogens is 3. The average Bonchev–Trinajstić information content (AvgIpc) is 2.36. The zero-order valence-corrected chi connectivity index (χ0v) is 11.7. The summed E-state index contributed by atoms with van der Waals surface area (Å²) in [6.45, 7) is 5.85. The van der Waals surface area contributed by atoms with Gasteiger partial charge in [0.25, 0.3) is 0 Å². The molecule has 0 radical (unpaired) electrons. The Hall–Kier alpha value is -1.95. The first kappa shape index (κ1) is 13.5. The monoisotopic (exact) mass is 275 g/mol. The molecule has 0 aliphatic carbocycles. The number of nitrogens with zero attached hydrogens (tertiary/aromatic N) is 3. The molecular formula is C13H13N3O2S. The maximum atomic E-state index is 10.9. The molecule has 19 heavy (non-hydrogen) atoms. The molecule has 5 nitrogen and oxygen atoms in total. The SMILES string of the molecule is Cc1nc(Sc2ccnc(C(=O)O)c2)nc(C)c1C. The lowest BCUT2D eigenvalue weighted by atomic mass is 10.2. The van der Waals surface area contributed by atoms with Gasteiger partial charge in [0.1, 0.15) is 5.69 Å². The van der Waals surface area contributed by atoms with Gasteiger partial charge in [0.05, 0.1) is 0 Å². The predicted molar refractivity (Wildman–Crippen MR) is 71.6 cm³/mol. The third-order valence-electron chi connectivity index (χ3n) is 2.77. The van der Waals surface area contributed by atoms with Gasteiger partial charge < -0.3 is 5.11 Å². The van der Waals surface area contributed by atoms with Crippen LogP contribution in [0, 0.1) is 20.8 Å². The van der Waals surface area contributed by atoms with Crippen molar-refractivity contribution in [1.29, 1.82) is 0 Å². The van der Waals surface area contributed by atoms with Gasteiger partial charge in [-0.05, 0) is 50.2 Å². The number of rotatable bonds is 3. The molecule has 0 bridgehead atoms. The van der Waals surface area contributed by atoms with Crippen molar-refractivity contribution in [2.45, 2.75) is 30.8 Å². The summed E-state index contributed by atoms with van der Waals surface area (Å²) < 4.78 is 0. The quantitative estimate of drug-likeness (QED) is 0.868. The Morgan fingerprint density at radius 1 is 1.21 bits per heavy atom. The predicted octanol–water partition coefficient (Wildman–Crippen LogP) is 2.65. The third kappa shape index (κ3) is 3.08. The summed E-state index contributed by atoms with van der Waals surface area (Å²) in [6, 6.07) is 3.26. The molecule has 2 heterocycles. The molecular weight excluding hydrogens is 262 g/mol. The molecule has 2 rings (SSSR count). The van der Waals surface area contributed by atoms with Crippen LogP contribution in [-0.2, 0) is 0 Å². The first-order valence-corrected chi connectivity index (χ1v) is 6.48. The molecule has 0 atom stereocenters. The van der Waals surface area contributed by atoms with Gasteiger partial charge in [-0.1, -0.05) is 0 Å². The van der Waals surface area contributed by atoms with E-state index in [1.165, 1.54) is 24.0 Å². The molecule has 6 heteroatoms. The lowest BCUT2D eigenvalue weighted by Crippen LogP contribution is -2.00. The van der Waals surface area contributed by atoms with E-state index in [0.717, 1.165) is 21.8 Å². The van der Waals surface area contributed by atoms with Crippen molar-refractivity contribution >= 4 is 17.7 Å². The molecule has 0 amide bonds. The number of aromatic carboxylic acids is 1. The van der Waals surface area contributed by atoms with E-state index in [1.807, 2.05) is 20.8 Å². The minimum atomic E-state index is -1.04. The van der Waals surface area contributed by atoms with Gasteiger partial charge in [-0.15, -0.1) is 0 Å². The average molecular weight is 275 g/mol. The fraction of sp³-hybridized carbons (Fsp3) is 0.231. The molecule has 0 saturated heterocycles. The number of aryl methyl sites for hydroxylation is 2. The Bertz CT molecular complexity index is 621. The first-order chi connectivity index (χ1) is 8.97. The van der Waals surface area contributed by atoms with E-state index in [0.29, 0.717) is 5.16 Å². The number of carboxylic acids is 1. The van der Waals surface area contributed by atoms with E-state index >= 15 is 0 Å². The second-order valence-electron chi connectivity index (χ2n) is 4.09. The molecule has 0 aromatic carbocycles. The summed E-state index contributed by atoms with van der Waals surface area (Å²) in [4.78, 5) is 24.2. The zero-order valence-electron chi connectivity index (χ0n) is 10.8. The zero-order chi connectivity index (χ0) is 14.0. The number of hydrogen-bond acceptors (Lipinski definition) is 5. The molecule has 0 saturated carbocycles. The highest BCUT2D eigenvalue weighted by Crippen LogP contribution is 2.26. The van der Waals surface area contributed by atoms with E-state index in [-0.39, 0.29) is 5.69 Å². The molecule has 0 aliphatic heterocycles. The topological polar surface area (TPSA) is 76.0 Å². The summed E-state index contributed by atoms with van der Waals surface area (Å²) in [7, 11) is 0. The highest BCUT2D eigenvalue weighted by atomic mass is 32.2. The maximum Gasteiger partial charge on any atom is 0.354 e. The second kappa shape index (κ2) is 5.36. The Morgan fingerprint density at radius 2 is 1.84 bits per heavy atom. The Kier molecular flexibility index (Phi) is 3.80.